The van der Waals surface area contributed by atoms with Crippen molar-refractivity contribution in [2.45, 2.75) is 6.42 Å². The minimum atomic E-state index is -0.273. The fourth-order valence-electron chi connectivity index (χ4n) is 3.19. The summed E-state index contributed by atoms with van der Waals surface area (Å²) in [5, 5.41) is 9.71. The van der Waals surface area contributed by atoms with Gasteiger partial charge in [0.15, 0.2) is 0 Å². The van der Waals surface area contributed by atoms with Crippen molar-refractivity contribution in [2.75, 3.05) is 51.8 Å². The molecular weight excluding hydrogens is 388 g/mol. The van der Waals surface area contributed by atoms with Crippen LogP contribution in [0.25, 0.3) is 5.57 Å². The number of nitrogens with zero attached hydrogens (tertiary/aromatic N) is 2. The Labute approximate surface area is 168 Å². The number of ether oxygens (including phenoxy) is 1. The minimum Gasteiger partial charge on any atom is -0.396 e. The lowest BCUT2D eigenvalue weighted by molar-refractivity contribution is -0.136. The van der Waals surface area contributed by atoms with Gasteiger partial charge in [0.05, 0.1) is 30.3 Å². The fourth-order valence-corrected chi connectivity index (χ4v) is 4.19. The first-order valence-corrected chi connectivity index (χ1v) is 10.4. The third-order valence-corrected chi connectivity index (χ3v) is 5.86. The standard InChI is InChI=1S/C19H23ClN2O4S/c20-15-4-2-14(3-5-15)16-17(27-13-10-23)19(25)22(18(16)24)7-1-6-21-8-11-26-12-9-21/h2-5,23H,1,6-13H2. The molecule has 146 valence electrons. The quantitative estimate of drug-likeness (QED) is 0.660. The highest BCUT2D eigenvalue weighted by Gasteiger charge is 2.38. The van der Waals surface area contributed by atoms with Crippen LogP contribution in [0.15, 0.2) is 29.2 Å². The summed E-state index contributed by atoms with van der Waals surface area (Å²) in [6, 6.07) is 6.91. The number of aliphatic hydroxyl groups excluding tert-OH is 1. The van der Waals surface area contributed by atoms with E-state index in [1.54, 1.807) is 24.3 Å². The zero-order chi connectivity index (χ0) is 19.2. The molecule has 2 heterocycles. The van der Waals surface area contributed by atoms with Gasteiger partial charge >= 0.3 is 0 Å². The second kappa shape index (κ2) is 9.71. The second-order valence-corrected chi connectivity index (χ2v) is 7.89. The largest absolute Gasteiger partial charge is 0.396 e. The molecule has 1 aromatic rings. The van der Waals surface area contributed by atoms with E-state index in [-0.39, 0.29) is 18.4 Å². The van der Waals surface area contributed by atoms with Crippen molar-refractivity contribution in [1.82, 2.24) is 9.80 Å². The summed E-state index contributed by atoms with van der Waals surface area (Å²) in [6.45, 7) is 4.38. The molecule has 6 nitrogen and oxygen atoms in total. The third-order valence-electron chi connectivity index (χ3n) is 4.56. The maximum Gasteiger partial charge on any atom is 0.267 e. The van der Waals surface area contributed by atoms with Gasteiger partial charge in [-0.15, -0.1) is 11.8 Å². The van der Waals surface area contributed by atoms with Crippen LogP contribution in [0.3, 0.4) is 0 Å². The van der Waals surface area contributed by atoms with Gasteiger partial charge in [0.1, 0.15) is 0 Å². The number of amides is 2. The lowest BCUT2D eigenvalue weighted by atomic mass is 10.1. The number of halogens is 1. The summed E-state index contributed by atoms with van der Waals surface area (Å²) in [5.41, 5.74) is 1.08. The average molecular weight is 411 g/mol. The Morgan fingerprint density at radius 1 is 1.07 bits per heavy atom. The number of aliphatic hydroxyl groups is 1. The van der Waals surface area contributed by atoms with Gasteiger partial charge in [-0.05, 0) is 24.1 Å². The van der Waals surface area contributed by atoms with Crippen LogP contribution in [-0.2, 0) is 14.3 Å². The average Bonchev–Trinajstić information content (AvgIpc) is 2.92. The summed E-state index contributed by atoms with van der Waals surface area (Å²) in [6.07, 6.45) is 0.726. The molecule has 0 aromatic heterocycles. The molecule has 1 aromatic carbocycles. The number of imide groups is 1. The van der Waals surface area contributed by atoms with Gasteiger partial charge < -0.3 is 9.84 Å². The summed E-state index contributed by atoms with van der Waals surface area (Å²) >= 11 is 7.17. The van der Waals surface area contributed by atoms with Gasteiger partial charge in [-0.3, -0.25) is 19.4 Å². The van der Waals surface area contributed by atoms with Crippen LogP contribution < -0.4 is 0 Å². The number of thioether (sulfide) groups is 1. The van der Waals surface area contributed by atoms with Gasteiger partial charge in [-0.1, -0.05) is 23.7 Å². The van der Waals surface area contributed by atoms with Crippen LogP contribution in [0.2, 0.25) is 5.02 Å². The zero-order valence-corrected chi connectivity index (χ0v) is 16.6. The normalized spacial score (nSPS) is 18.7. The predicted molar refractivity (Wildman–Crippen MR) is 107 cm³/mol. The lowest BCUT2D eigenvalue weighted by Gasteiger charge is -2.27. The summed E-state index contributed by atoms with van der Waals surface area (Å²) in [5.74, 6) is -0.178. The number of carbonyl (C=O) groups excluding carboxylic acids is 2. The molecule has 0 spiro atoms. The Bertz CT molecular complexity index is 717. The summed E-state index contributed by atoms with van der Waals surface area (Å²) in [7, 11) is 0. The van der Waals surface area contributed by atoms with Crippen molar-refractivity contribution in [3.63, 3.8) is 0 Å². The first-order chi connectivity index (χ1) is 13.1. The minimum absolute atomic E-state index is 0.0550. The van der Waals surface area contributed by atoms with Crippen LogP contribution in [0.1, 0.15) is 12.0 Å². The van der Waals surface area contributed by atoms with Crippen molar-refractivity contribution >= 4 is 40.8 Å². The number of morpholine rings is 1. The molecule has 1 saturated heterocycles. The monoisotopic (exact) mass is 410 g/mol. The smallest absolute Gasteiger partial charge is 0.267 e. The highest BCUT2D eigenvalue weighted by molar-refractivity contribution is 8.04. The zero-order valence-electron chi connectivity index (χ0n) is 15.0. The molecular formula is C19H23ClN2O4S. The van der Waals surface area contributed by atoms with E-state index in [4.69, 9.17) is 21.4 Å². The second-order valence-electron chi connectivity index (χ2n) is 6.35. The van der Waals surface area contributed by atoms with Crippen LogP contribution in [-0.4, -0.2) is 78.5 Å². The molecule has 8 heteroatoms. The number of hydrogen-bond acceptors (Lipinski definition) is 6. The van der Waals surface area contributed by atoms with Gasteiger partial charge in [0.2, 0.25) is 0 Å². The SMILES string of the molecule is O=C1C(SCCO)=C(c2ccc(Cl)cc2)C(=O)N1CCCN1CCOCC1. The molecule has 0 unspecified atom stereocenters. The van der Waals surface area contributed by atoms with Crippen molar-refractivity contribution in [2.24, 2.45) is 0 Å². The summed E-state index contributed by atoms with van der Waals surface area (Å²) < 4.78 is 5.34. The molecule has 3 rings (SSSR count). The first kappa shape index (κ1) is 20.4. The number of benzene rings is 1. The Hall–Kier alpha value is -1.38. The molecule has 1 fully saturated rings. The molecule has 0 aliphatic carbocycles. The van der Waals surface area contributed by atoms with Crippen LogP contribution in [0, 0.1) is 0 Å². The highest BCUT2D eigenvalue weighted by atomic mass is 35.5. The fraction of sp³-hybridized carbons (Fsp3) is 0.474. The van der Waals surface area contributed by atoms with Crippen molar-refractivity contribution in [3.05, 3.63) is 39.8 Å². The summed E-state index contributed by atoms with van der Waals surface area (Å²) in [4.78, 5) is 29.8. The highest BCUT2D eigenvalue weighted by Crippen LogP contribution is 2.36. The van der Waals surface area contributed by atoms with Gasteiger partial charge in [-0.2, -0.15) is 0 Å². The van der Waals surface area contributed by atoms with E-state index in [0.29, 0.717) is 33.4 Å². The molecule has 2 amide bonds. The number of hydrogen-bond donors (Lipinski definition) is 1. The van der Waals surface area contributed by atoms with Crippen LogP contribution >= 0.6 is 23.4 Å². The maximum atomic E-state index is 13.0. The lowest BCUT2D eigenvalue weighted by Crippen LogP contribution is -2.39. The van der Waals surface area contributed by atoms with Crippen molar-refractivity contribution in [3.8, 4) is 0 Å². The van der Waals surface area contributed by atoms with E-state index >= 15 is 0 Å². The van der Waals surface area contributed by atoms with Gasteiger partial charge in [0.25, 0.3) is 11.8 Å². The Morgan fingerprint density at radius 3 is 2.44 bits per heavy atom. The topological polar surface area (TPSA) is 70.1 Å². The van der Waals surface area contributed by atoms with Gasteiger partial charge in [0, 0.05) is 37.0 Å². The first-order valence-electron chi connectivity index (χ1n) is 9.02. The molecule has 0 atom stereocenters. The molecule has 0 radical (unpaired) electrons. The molecule has 2 aliphatic rings. The molecule has 0 saturated carbocycles. The Kier molecular flexibility index (Phi) is 7.32. The predicted octanol–water partition coefficient (Wildman–Crippen LogP) is 1.87. The molecule has 27 heavy (non-hydrogen) atoms. The Balaban J connectivity index is 1.71. The van der Waals surface area contributed by atoms with Crippen LogP contribution in [0.4, 0.5) is 0 Å². The van der Waals surface area contributed by atoms with Crippen molar-refractivity contribution in [1.29, 1.82) is 0 Å². The third kappa shape index (κ3) is 4.92. The number of rotatable bonds is 8. The van der Waals surface area contributed by atoms with E-state index < -0.39 is 0 Å². The van der Waals surface area contributed by atoms with Crippen LogP contribution in [0.5, 0.6) is 0 Å². The maximum absolute atomic E-state index is 13.0. The van der Waals surface area contributed by atoms with Gasteiger partial charge in [-0.25, -0.2) is 0 Å². The molecule has 1 N–H and O–H groups in total. The molecule has 2 aliphatic heterocycles. The van der Waals surface area contributed by atoms with E-state index in [1.165, 1.54) is 16.7 Å². The number of carbonyl (C=O) groups is 2. The van der Waals surface area contributed by atoms with E-state index in [1.807, 2.05) is 0 Å². The van der Waals surface area contributed by atoms with E-state index in [2.05, 4.69) is 4.90 Å². The molecule has 0 bridgehead atoms. The van der Waals surface area contributed by atoms with E-state index in [9.17, 15) is 9.59 Å². The van der Waals surface area contributed by atoms with Crippen molar-refractivity contribution < 1.29 is 19.4 Å². The Morgan fingerprint density at radius 2 is 1.78 bits per heavy atom. The van der Waals surface area contributed by atoms with E-state index in [0.717, 1.165) is 39.3 Å².